The Balaban J connectivity index is 0.947. The van der Waals surface area contributed by atoms with Crippen LogP contribution in [0.15, 0.2) is 107 Å². The number of alkyl halides is 3. The number of amides is 2. The first-order valence-corrected chi connectivity index (χ1v) is 22.7. The molecule has 8 rings (SSSR count). The highest BCUT2D eigenvalue weighted by molar-refractivity contribution is 7.99. The SMILES string of the molecule is O=C(NS(=O)(=O)c1ccc(N[C@H](CCN2CCOCC2)CSc2ccccc2)c(C(F)(F)F)c1)c1csc(N2CCc3cccc(C(=O)Nc4cn5ccncc5n4)c3C2)n1. The number of benzene rings is 3. The average molecular weight is 892 g/mol. The van der Waals surface area contributed by atoms with E-state index in [1.807, 2.05) is 52.1 Å². The molecule has 1 fully saturated rings. The van der Waals surface area contributed by atoms with E-state index >= 15 is 0 Å². The van der Waals surface area contributed by atoms with Gasteiger partial charge in [0.15, 0.2) is 16.6 Å². The van der Waals surface area contributed by atoms with Crippen molar-refractivity contribution in [2.24, 2.45) is 0 Å². The van der Waals surface area contributed by atoms with Crippen LogP contribution in [-0.2, 0) is 33.9 Å². The number of carbonyl (C=O) groups is 2. The second-order valence-electron chi connectivity index (χ2n) is 14.4. The van der Waals surface area contributed by atoms with Crippen molar-refractivity contribution >= 4 is 67.2 Å². The van der Waals surface area contributed by atoms with E-state index in [1.165, 1.54) is 17.1 Å². The summed E-state index contributed by atoms with van der Waals surface area (Å²) in [5.74, 6) is -0.643. The zero-order valence-electron chi connectivity index (χ0n) is 32.5. The predicted molar refractivity (Wildman–Crippen MR) is 227 cm³/mol. The highest BCUT2D eigenvalue weighted by Crippen LogP contribution is 2.37. The van der Waals surface area contributed by atoms with Gasteiger partial charge in [0, 0.05) is 78.4 Å². The Morgan fingerprint density at radius 1 is 0.984 bits per heavy atom. The number of sulfonamides is 1. The minimum absolute atomic E-state index is 0.227. The molecule has 20 heteroatoms. The highest BCUT2D eigenvalue weighted by atomic mass is 32.2. The van der Waals surface area contributed by atoms with E-state index in [2.05, 4.69) is 30.5 Å². The standard InChI is InChI=1S/C41H40F3N9O5S3/c42-41(43,44)33-21-30(9-10-34(33)46-28(12-14-51-17-19-58-20-18-51)25-59-29-6-2-1-3-7-29)61(56,57)50-39(55)35-26-60-40(47-35)53-15-11-27-5-4-8-31(32(27)23-53)38(54)49-36-24-52-16-13-45-22-37(52)48-36/h1-10,13,16,21-22,24,26,28,46H,11-12,14-15,17-20,23,25H2,(H,49,54)(H,50,55)/t28-/m1/s1. The van der Waals surface area contributed by atoms with Gasteiger partial charge in [-0.15, -0.1) is 23.1 Å². The zero-order valence-corrected chi connectivity index (χ0v) is 34.9. The number of nitrogens with one attached hydrogen (secondary N) is 3. The van der Waals surface area contributed by atoms with Crippen molar-refractivity contribution < 1.29 is 35.9 Å². The number of halogens is 3. The van der Waals surface area contributed by atoms with Crippen LogP contribution in [0, 0.1) is 0 Å². The topological polar surface area (TPSA) is 163 Å². The van der Waals surface area contributed by atoms with Crippen molar-refractivity contribution in [1.82, 2.24) is 29.0 Å². The van der Waals surface area contributed by atoms with Crippen molar-refractivity contribution in [3.8, 4) is 0 Å². The number of ether oxygens (including phenoxy) is 1. The minimum Gasteiger partial charge on any atom is -0.381 e. The molecule has 61 heavy (non-hydrogen) atoms. The lowest BCUT2D eigenvalue weighted by atomic mass is 9.94. The molecular formula is C41H40F3N9O5S3. The van der Waals surface area contributed by atoms with Crippen molar-refractivity contribution in [2.45, 2.75) is 41.4 Å². The molecule has 0 unspecified atom stereocenters. The maximum atomic E-state index is 14.6. The van der Waals surface area contributed by atoms with E-state index in [9.17, 15) is 31.2 Å². The van der Waals surface area contributed by atoms with E-state index in [0.717, 1.165) is 52.6 Å². The van der Waals surface area contributed by atoms with Gasteiger partial charge >= 0.3 is 6.18 Å². The second-order valence-corrected chi connectivity index (χ2v) is 18.0. The first-order valence-electron chi connectivity index (χ1n) is 19.3. The molecule has 14 nitrogen and oxygen atoms in total. The first-order chi connectivity index (χ1) is 29.4. The quantitative estimate of drug-likeness (QED) is 0.103. The summed E-state index contributed by atoms with van der Waals surface area (Å²) in [4.78, 5) is 43.9. The Kier molecular flexibility index (Phi) is 12.6. The third kappa shape index (κ3) is 10.2. The minimum atomic E-state index is -4.91. The number of morpholine rings is 1. The molecule has 0 bridgehead atoms. The number of anilines is 3. The van der Waals surface area contributed by atoms with Crippen LogP contribution in [0.3, 0.4) is 0 Å². The second kappa shape index (κ2) is 18.2. The number of fused-ring (bicyclic) bond motifs is 2. The number of hydrogen-bond acceptors (Lipinski definition) is 13. The van der Waals surface area contributed by atoms with Crippen molar-refractivity contribution in [3.05, 3.63) is 125 Å². The Morgan fingerprint density at radius 3 is 2.59 bits per heavy atom. The van der Waals surface area contributed by atoms with Crippen molar-refractivity contribution in [3.63, 3.8) is 0 Å². The molecule has 6 aromatic rings. The number of thiazole rings is 1. The van der Waals surface area contributed by atoms with E-state index in [-0.39, 0.29) is 23.8 Å². The van der Waals surface area contributed by atoms with Crippen LogP contribution >= 0.6 is 23.1 Å². The van der Waals surface area contributed by atoms with Gasteiger partial charge in [-0.2, -0.15) is 13.2 Å². The molecule has 3 N–H and O–H groups in total. The summed E-state index contributed by atoms with van der Waals surface area (Å²) in [6.07, 6.45) is 2.77. The summed E-state index contributed by atoms with van der Waals surface area (Å²) in [6.45, 7) is 4.06. The average Bonchev–Trinajstić information content (AvgIpc) is 3.92. The Hall–Kier alpha value is -5.54. The van der Waals surface area contributed by atoms with Gasteiger partial charge in [-0.25, -0.2) is 23.1 Å². The fourth-order valence-electron chi connectivity index (χ4n) is 7.14. The van der Waals surface area contributed by atoms with E-state index in [0.29, 0.717) is 73.1 Å². The number of aromatic nitrogens is 4. The smallest absolute Gasteiger partial charge is 0.381 e. The lowest BCUT2D eigenvalue weighted by Crippen LogP contribution is -2.39. The molecule has 318 valence electrons. The van der Waals surface area contributed by atoms with Crippen LogP contribution in [-0.4, -0.2) is 95.7 Å². The van der Waals surface area contributed by atoms with E-state index in [1.54, 1.807) is 35.3 Å². The van der Waals surface area contributed by atoms with Gasteiger partial charge in [-0.05, 0) is 60.4 Å². The molecule has 5 heterocycles. The molecule has 3 aromatic heterocycles. The lowest BCUT2D eigenvalue weighted by molar-refractivity contribution is -0.137. The third-order valence-electron chi connectivity index (χ3n) is 10.3. The van der Waals surface area contributed by atoms with Crippen LogP contribution in [0.1, 0.15) is 44.0 Å². The third-order valence-corrected chi connectivity index (χ3v) is 13.7. The van der Waals surface area contributed by atoms with Gasteiger partial charge in [0.1, 0.15) is 5.69 Å². The number of carbonyl (C=O) groups excluding carboxylic acids is 2. The molecule has 0 aliphatic carbocycles. The van der Waals surface area contributed by atoms with Crippen LogP contribution < -0.4 is 20.3 Å². The molecule has 1 atom stereocenters. The summed E-state index contributed by atoms with van der Waals surface area (Å²) in [5, 5.41) is 7.68. The fraction of sp³-hybridized carbons (Fsp3) is 0.293. The number of thioether (sulfide) groups is 1. The molecule has 3 aromatic carbocycles. The summed E-state index contributed by atoms with van der Waals surface area (Å²) >= 11 is 2.61. The summed E-state index contributed by atoms with van der Waals surface area (Å²) < 4.78 is 79.8. The van der Waals surface area contributed by atoms with Crippen molar-refractivity contribution in [2.75, 3.05) is 60.7 Å². The highest BCUT2D eigenvalue weighted by Gasteiger charge is 2.36. The molecule has 0 radical (unpaired) electrons. The van der Waals surface area contributed by atoms with E-state index in [4.69, 9.17) is 4.74 Å². The van der Waals surface area contributed by atoms with Gasteiger partial charge in [0.2, 0.25) is 0 Å². The number of nitrogens with zero attached hydrogens (tertiary/aromatic N) is 6. The first kappa shape index (κ1) is 42.2. The number of hydrogen-bond donors (Lipinski definition) is 3. The van der Waals surface area contributed by atoms with Gasteiger partial charge in [0.25, 0.3) is 21.8 Å². The summed E-state index contributed by atoms with van der Waals surface area (Å²) in [5.41, 5.74) is 1.07. The molecule has 2 aliphatic rings. The predicted octanol–water partition coefficient (Wildman–Crippen LogP) is 6.43. The molecular weight excluding hydrogens is 852 g/mol. The Morgan fingerprint density at radius 2 is 1.80 bits per heavy atom. The van der Waals surface area contributed by atoms with Crippen LogP contribution in [0.2, 0.25) is 0 Å². The lowest BCUT2D eigenvalue weighted by Gasteiger charge is -2.29. The molecule has 0 saturated carbocycles. The van der Waals surface area contributed by atoms with Gasteiger partial charge in [-0.3, -0.25) is 19.5 Å². The van der Waals surface area contributed by atoms with Crippen LogP contribution in [0.5, 0.6) is 0 Å². The maximum absolute atomic E-state index is 14.6. The largest absolute Gasteiger partial charge is 0.418 e. The maximum Gasteiger partial charge on any atom is 0.418 e. The summed E-state index contributed by atoms with van der Waals surface area (Å²) in [7, 11) is -4.77. The number of imidazole rings is 1. The number of rotatable bonds is 14. The molecule has 2 aliphatic heterocycles. The van der Waals surface area contributed by atoms with Gasteiger partial charge in [-0.1, -0.05) is 30.3 Å². The fourth-order valence-corrected chi connectivity index (χ4v) is 9.95. The molecule has 1 saturated heterocycles. The van der Waals surface area contributed by atoms with Crippen LogP contribution in [0.25, 0.3) is 5.65 Å². The molecule has 0 spiro atoms. The Labute approximate surface area is 357 Å². The van der Waals surface area contributed by atoms with Crippen LogP contribution in [0.4, 0.5) is 29.8 Å². The molecule has 2 amide bonds. The van der Waals surface area contributed by atoms with Gasteiger partial charge < -0.3 is 24.7 Å². The van der Waals surface area contributed by atoms with E-state index < -0.39 is 38.6 Å². The zero-order chi connectivity index (χ0) is 42.6. The van der Waals surface area contributed by atoms with Crippen molar-refractivity contribution in [1.29, 1.82) is 0 Å². The van der Waals surface area contributed by atoms with Gasteiger partial charge in [0.05, 0.1) is 36.1 Å². The Bertz CT molecular complexity index is 2600. The summed E-state index contributed by atoms with van der Waals surface area (Å²) in [6, 6.07) is 17.3. The monoisotopic (exact) mass is 891 g/mol. The normalized spacial score (nSPS) is 15.3.